The zero-order valence-corrected chi connectivity index (χ0v) is 22.1. The van der Waals surface area contributed by atoms with Crippen molar-refractivity contribution in [2.24, 2.45) is 0 Å². The topological polar surface area (TPSA) is 118 Å². The molecule has 2 amide bonds. The number of rotatable bonds is 9. The molecule has 4 aromatic rings. The average molecular weight is 533 g/mol. The van der Waals surface area contributed by atoms with E-state index in [0.717, 1.165) is 15.4 Å². The molecule has 0 saturated carbocycles. The second kappa shape index (κ2) is 11.3. The minimum absolute atomic E-state index is 0.0157. The number of aryl methyl sites for hydroxylation is 1. The molecule has 0 aliphatic carbocycles. The molecule has 0 bridgehead atoms. The zero-order chi connectivity index (χ0) is 27.3. The normalized spacial score (nSPS) is 11.1. The summed E-state index contributed by atoms with van der Waals surface area (Å²) < 4.78 is 34.6. The molecule has 9 nitrogen and oxygen atoms in total. The van der Waals surface area contributed by atoms with Gasteiger partial charge in [-0.2, -0.15) is 0 Å². The van der Waals surface area contributed by atoms with E-state index >= 15 is 0 Å². The Balaban J connectivity index is 1.64. The largest absolute Gasteiger partial charge is 0.484 e. The van der Waals surface area contributed by atoms with E-state index in [4.69, 9.17) is 4.74 Å². The highest BCUT2D eigenvalue weighted by Gasteiger charge is 2.30. The molecule has 0 aliphatic rings. The standard InChI is InChI=1S/C28H28N4O5S/c1-19-7-4-10-24(20(19)2)32(38(35,36)25-11-5-8-21-9-6-16-30-28(21)25)17-26(33)31-22-12-14-23(15-13-22)37-18-27(34)29-3/h4-16H,17-18H2,1-3H3,(H,29,34)(H,31,33). The molecule has 0 saturated heterocycles. The lowest BCUT2D eigenvalue weighted by molar-refractivity contribution is -0.122. The van der Waals surface area contributed by atoms with Crippen LogP contribution >= 0.6 is 0 Å². The number of likely N-dealkylation sites (N-methyl/N-ethyl adjacent to an activating group) is 1. The van der Waals surface area contributed by atoms with Crippen molar-refractivity contribution in [1.29, 1.82) is 0 Å². The van der Waals surface area contributed by atoms with E-state index in [1.54, 1.807) is 66.9 Å². The Labute approximate surface area is 221 Å². The first-order valence-corrected chi connectivity index (χ1v) is 13.3. The lowest BCUT2D eigenvalue weighted by Gasteiger charge is -2.26. The van der Waals surface area contributed by atoms with Gasteiger partial charge in [-0.1, -0.05) is 30.3 Å². The summed E-state index contributed by atoms with van der Waals surface area (Å²) in [5.41, 5.74) is 2.83. The van der Waals surface area contributed by atoms with Crippen molar-refractivity contribution in [2.45, 2.75) is 18.7 Å². The van der Waals surface area contributed by atoms with Crippen LogP contribution in [0, 0.1) is 13.8 Å². The highest BCUT2D eigenvalue weighted by atomic mass is 32.2. The Bertz CT molecular complexity index is 1580. The first-order chi connectivity index (χ1) is 18.2. The van der Waals surface area contributed by atoms with Crippen LogP contribution in [-0.4, -0.2) is 45.4 Å². The first kappa shape index (κ1) is 26.6. The molecule has 10 heteroatoms. The molecule has 38 heavy (non-hydrogen) atoms. The van der Waals surface area contributed by atoms with Crippen molar-refractivity contribution in [3.8, 4) is 5.75 Å². The Morgan fingerprint density at radius 2 is 1.63 bits per heavy atom. The van der Waals surface area contributed by atoms with Gasteiger partial charge >= 0.3 is 0 Å². The summed E-state index contributed by atoms with van der Waals surface area (Å²) >= 11 is 0. The minimum atomic E-state index is -4.18. The molecule has 0 spiro atoms. The fourth-order valence-corrected chi connectivity index (χ4v) is 5.54. The number of amides is 2. The van der Waals surface area contributed by atoms with Crippen molar-refractivity contribution in [1.82, 2.24) is 10.3 Å². The number of carbonyl (C=O) groups excluding carboxylic acids is 2. The van der Waals surface area contributed by atoms with Crippen molar-refractivity contribution in [3.63, 3.8) is 0 Å². The van der Waals surface area contributed by atoms with Crippen molar-refractivity contribution in [2.75, 3.05) is 29.8 Å². The van der Waals surface area contributed by atoms with Gasteiger partial charge in [0.15, 0.2) is 6.61 Å². The van der Waals surface area contributed by atoms with Crippen LogP contribution in [0.4, 0.5) is 11.4 Å². The highest BCUT2D eigenvalue weighted by molar-refractivity contribution is 7.93. The average Bonchev–Trinajstić information content (AvgIpc) is 2.92. The molecular formula is C28H28N4O5S. The second-order valence-electron chi connectivity index (χ2n) is 8.60. The van der Waals surface area contributed by atoms with Crippen LogP contribution in [0.15, 0.2) is 83.9 Å². The number of pyridine rings is 1. The van der Waals surface area contributed by atoms with Gasteiger partial charge in [-0.25, -0.2) is 8.42 Å². The maximum absolute atomic E-state index is 14.1. The highest BCUT2D eigenvalue weighted by Crippen LogP contribution is 2.31. The number of anilines is 2. The van der Waals surface area contributed by atoms with Crippen LogP contribution in [-0.2, 0) is 19.6 Å². The van der Waals surface area contributed by atoms with E-state index < -0.39 is 22.5 Å². The summed E-state index contributed by atoms with van der Waals surface area (Å²) in [6.45, 7) is 3.12. The summed E-state index contributed by atoms with van der Waals surface area (Å²) in [6, 6.07) is 20.3. The maximum Gasteiger partial charge on any atom is 0.266 e. The quantitative estimate of drug-likeness (QED) is 0.339. The molecule has 0 aliphatic heterocycles. The van der Waals surface area contributed by atoms with Crippen molar-refractivity contribution in [3.05, 3.63) is 90.1 Å². The Morgan fingerprint density at radius 1 is 0.921 bits per heavy atom. The maximum atomic E-state index is 14.1. The van der Waals surface area contributed by atoms with E-state index in [9.17, 15) is 18.0 Å². The third-order valence-electron chi connectivity index (χ3n) is 6.08. The van der Waals surface area contributed by atoms with Gasteiger partial charge in [0.2, 0.25) is 5.91 Å². The smallest absolute Gasteiger partial charge is 0.266 e. The number of nitrogens with one attached hydrogen (secondary N) is 2. The molecule has 0 atom stereocenters. The molecule has 1 heterocycles. The summed E-state index contributed by atoms with van der Waals surface area (Å²) in [5.74, 6) is -0.340. The molecule has 3 aromatic carbocycles. The number of para-hydroxylation sites is 1. The number of fused-ring (bicyclic) bond motifs is 1. The molecular weight excluding hydrogens is 504 g/mol. The molecule has 0 fully saturated rings. The number of carbonyl (C=O) groups is 2. The van der Waals surface area contributed by atoms with Gasteiger partial charge in [-0.3, -0.25) is 18.9 Å². The first-order valence-electron chi connectivity index (χ1n) is 11.9. The van der Waals surface area contributed by atoms with Crippen LogP contribution < -0.4 is 19.7 Å². The van der Waals surface area contributed by atoms with Gasteiger partial charge in [-0.05, 0) is 67.4 Å². The molecule has 2 N–H and O–H groups in total. The third kappa shape index (κ3) is 5.76. The van der Waals surface area contributed by atoms with Gasteiger partial charge in [0.1, 0.15) is 17.2 Å². The van der Waals surface area contributed by atoms with E-state index in [1.807, 2.05) is 19.9 Å². The number of sulfonamides is 1. The summed E-state index contributed by atoms with van der Waals surface area (Å²) in [5, 5.41) is 5.89. The molecule has 196 valence electrons. The van der Waals surface area contributed by atoms with E-state index in [2.05, 4.69) is 15.6 Å². The monoisotopic (exact) mass is 532 g/mol. The van der Waals surface area contributed by atoms with Crippen LogP contribution in [0.2, 0.25) is 0 Å². The number of ether oxygens (including phenoxy) is 1. The predicted octanol–water partition coefficient (Wildman–Crippen LogP) is 3.81. The summed E-state index contributed by atoms with van der Waals surface area (Å²) in [6.07, 6.45) is 1.54. The predicted molar refractivity (Wildman–Crippen MR) is 147 cm³/mol. The molecule has 4 rings (SSSR count). The molecule has 0 unspecified atom stereocenters. The third-order valence-corrected chi connectivity index (χ3v) is 7.87. The number of aromatic nitrogens is 1. The fourth-order valence-electron chi connectivity index (χ4n) is 3.89. The summed E-state index contributed by atoms with van der Waals surface area (Å²) in [4.78, 5) is 28.8. The van der Waals surface area contributed by atoms with Crippen LogP contribution in [0.1, 0.15) is 11.1 Å². The molecule has 0 radical (unpaired) electrons. The lowest BCUT2D eigenvalue weighted by atomic mass is 10.1. The van der Waals surface area contributed by atoms with Crippen LogP contribution in [0.25, 0.3) is 10.9 Å². The van der Waals surface area contributed by atoms with E-state index in [1.165, 1.54) is 13.1 Å². The lowest BCUT2D eigenvalue weighted by Crippen LogP contribution is -2.38. The second-order valence-corrected chi connectivity index (χ2v) is 10.4. The minimum Gasteiger partial charge on any atom is -0.484 e. The molecule has 1 aromatic heterocycles. The SMILES string of the molecule is CNC(=O)COc1ccc(NC(=O)CN(c2cccc(C)c2C)S(=O)(=O)c2cccc3cccnc23)cc1. The Kier molecular flexibility index (Phi) is 7.92. The van der Waals surface area contributed by atoms with Gasteiger partial charge in [-0.15, -0.1) is 0 Å². The van der Waals surface area contributed by atoms with Gasteiger partial charge < -0.3 is 15.4 Å². The number of benzene rings is 3. The van der Waals surface area contributed by atoms with Gasteiger partial charge in [0, 0.05) is 24.3 Å². The number of hydrogen-bond donors (Lipinski definition) is 2. The Morgan fingerprint density at radius 3 is 2.37 bits per heavy atom. The van der Waals surface area contributed by atoms with Gasteiger partial charge in [0.05, 0.1) is 11.2 Å². The fraction of sp³-hybridized carbons (Fsp3) is 0.179. The van der Waals surface area contributed by atoms with Crippen molar-refractivity contribution >= 4 is 44.1 Å². The summed E-state index contributed by atoms with van der Waals surface area (Å²) in [7, 11) is -2.66. The Hall–Kier alpha value is -4.44. The number of nitrogens with zero attached hydrogens (tertiary/aromatic N) is 2. The van der Waals surface area contributed by atoms with E-state index in [-0.39, 0.29) is 17.4 Å². The van der Waals surface area contributed by atoms with Crippen molar-refractivity contribution < 1.29 is 22.7 Å². The van der Waals surface area contributed by atoms with Crippen LogP contribution in [0.3, 0.4) is 0 Å². The van der Waals surface area contributed by atoms with Crippen LogP contribution in [0.5, 0.6) is 5.75 Å². The number of hydrogen-bond acceptors (Lipinski definition) is 6. The van der Waals surface area contributed by atoms with E-state index in [0.29, 0.717) is 28.0 Å². The van der Waals surface area contributed by atoms with Gasteiger partial charge in [0.25, 0.3) is 15.9 Å². The zero-order valence-electron chi connectivity index (χ0n) is 21.3.